The van der Waals surface area contributed by atoms with Gasteiger partial charge < -0.3 is 15.3 Å². The first kappa shape index (κ1) is 15.8. The molecule has 1 atom stereocenters. The standard InChI is InChI=1S/C14H21N3O3S/c1-8(2)12-16-10(7-21-12)6-17(11-4-5-11)14(20)15-9(3)13(18)19/h7-9,11H,4-6H2,1-3H3,(H,15,20)(H,18,19). The molecule has 0 bridgehead atoms. The molecule has 0 aromatic carbocycles. The van der Waals surface area contributed by atoms with Gasteiger partial charge in [0.1, 0.15) is 6.04 Å². The number of hydrogen-bond donors (Lipinski definition) is 2. The van der Waals surface area contributed by atoms with Crippen LogP contribution in [0.2, 0.25) is 0 Å². The fourth-order valence-corrected chi connectivity index (χ4v) is 2.74. The molecule has 0 aliphatic heterocycles. The third-order valence-electron chi connectivity index (χ3n) is 3.35. The van der Waals surface area contributed by atoms with Crippen LogP contribution in [0.4, 0.5) is 4.79 Å². The first-order valence-electron chi connectivity index (χ1n) is 7.12. The largest absolute Gasteiger partial charge is 0.480 e. The van der Waals surface area contributed by atoms with Gasteiger partial charge in [-0.25, -0.2) is 9.78 Å². The number of carboxylic acid groups (broad SMARTS) is 1. The van der Waals surface area contributed by atoms with Crippen LogP contribution in [0.5, 0.6) is 0 Å². The number of hydrogen-bond acceptors (Lipinski definition) is 4. The zero-order chi connectivity index (χ0) is 15.6. The van der Waals surface area contributed by atoms with Gasteiger partial charge in [-0.05, 0) is 19.8 Å². The second-order valence-corrected chi connectivity index (χ2v) is 6.59. The lowest BCUT2D eigenvalue weighted by molar-refractivity contribution is -0.138. The highest BCUT2D eigenvalue weighted by molar-refractivity contribution is 7.09. The maximum Gasteiger partial charge on any atom is 0.325 e. The lowest BCUT2D eigenvalue weighted by atomic mass is 10.2. The molecule has 0 spiro atoms. The summed E-state index contributed by atoms with van der Waals surface area (Å²) < 4.78 is 0. The van der Waals surface area contributed by atoms with Crippen molar-refractivity contribution in [3.63, 3.8) is 0 Å². The highest BCUT2D eigenvalue weighted by Gasteiger charge is 2.34. The average Bonchev–Trinajstić information content (AvgIpc) is 3.13. The van der Waals surface area contributed by atoms with Crippen molar-refractivity contribution in [3.8, 4) is 0 Å². The molecular weight excluding hydrogens is 290 g/mol. The number of urea groups is 1. The number of thiazole rings is 1. The van der Waals surface area contributed by atoms with Gasteiger partial charge in [0.05, 0.1) is 17.2 Å². The summed E-state index contributed by atoms with van der Waals surface area (Å²) in [6.45, 7) is 6.07. The van der Waals surface area contributed by atoms with E-state index in [-0.39, 0.29) is 12.1 Å². The molecule has 1 fully saturated rings. The zero-order valence-electron chi connectivity index (χ0n) is 12.5. The highest BCUT2D eigenvalue weighted by Crippen LogP contribution is 2.29. The molecule has 2 amide bonds. The van der Waals surface area contributed by atoms with Crippen LogP contribution in [0.25, 0.3) is 0 Å². The van der Waals surface area contributed by atoms with Crippen LogP contribution in [-0.4, -0.2) is 39.1 Å². The molecule has 1 aliphatic rings. The average molecular weight is 311 g/mol. The third-order valence-corrected chi connectivity index (χ3v) is 4.55. The molecule has 21 heavy (non-hydrogen) atoms. The van der Waals surface area contributed by atoms with Gasteiger partial charge in [0.15, 0.2) is 0 Å². The second kappa shape index (κ2) is 6.43. The van der Waals surface area contributed by atoms with Gasteiger partial charge >= 0.3 is 12.0 Å². The maximum atomic E-state index is 12.2. The summed E-state index contributed by atoms with van der Waals surface area (Å²) in [6, 6.07) is -1.01. The van der Waals surface area contributed by atoms with Crippen LogP contribution in [0.1, 0.15) is 50.2 Å². The summed E-state index contributed by atoms with van der Waals surface area (Å²) in [7, 11) is 0. The lowest BCUT2D eigenvalue weighted by Crippen LogP contribution is -2.47. The summed E-state index contributed by atoms with van der Waals surface area (Å²) in [5, 5.41) is 14.4. The van der Waals surface area contributed by atoms with Crippen molar-refractivity contribution in [1.82, 2.24) is 15.2 Å². The Kier molecular flexibility index (Phi) is 4.82. The molecule has 0 saturated heterocycles. The molecule has 0 radical (unpaired) electrons. The molecule has 2 N–H and O–H groups in total. The molecule has 1 aliphatic carbocycles. The van der Waals surface area contributed by atoms with Crippen molar-refractivity contribution >= 4 is 23.3 Å². The van der Waals surface area contributed by atoms with Crippen LogP contribution in [0.3, 0.4) is 0 Å². The zero-order valence-corrected chi connectivity index (χ0v) is 13.3. The van der Waals surface area contributed by atoms with Crippen LogP contribution in [0, 0.1) is 0 Å². The van der Waals surface area contributed by atoms with E-state index in [4.69, 9.17) is 5.11 Å². The molecule has 1 aromatic heterocycles. The number of nitrogens with one attached hydrogen (secondary N) is 1. The van der Waals surface area contributed by atoms with Gasteiger partial charge in [-0.15, -0.1) is 11.3 Å². The van der Waals surface area contributed by atoms with Crippen LogP contribution in [0.15, 0.2) is 5.38 Å². The van der Waals surface area contributed by atoms with E-state index in [1.807, 2.05) is 5.38 Å². The fraction of sp³-hybridized carbons (Fsp3) is 0.643. The molecule has 1 unspecified atom stereocenters. The van der Waals surface area contributed by atoms with E-state index >= 15 is 0 Å². The molecule has 1 heterocycles. The summed E-state index contributed by atoms with van der Waals surface area (Å²) in [5.74, 6) is -0.658. The molecule has 2 rings (SSSR count). The molecule has 1 aromatic rings. The number of amides is 2. The van der Waals surface area contributed by atoms with Crippen molar-refractivity contribution < 1.29 is 14.7 Å². The maximum absolute atomic E-state index is 12.2. The quantitative estimate of drug-likeness (QED) is 0.845. The van der Waals surface area contributed by atoms with E-state index < -0.39 is 12.0 Å². The van der Waals surface area contributed by atoms with Gasteiger partial charge in [-0.3, -0.25) is 4.79 Å². The van der Waals surface area contributed by atoms with Gasteiger partial charge in [-0.1, -0.05) is 13.8 Å². The van der Waals surface area contributed by atoms with Crippen molar-refractivity contribution in [2.45, 2.75) is 58.2 Å². The first-order valence-corrected chi connectivity index (χ1v) is 8.00. The third kappa shape index (κ3) is 4.17. The van der Waals surface area contributed by atoms with Crippen molar-refractivity contribution in [2.75, 3.05) is 0 Å². The number of carbonyl (C=O) groups excluding carboxylic acids is 1. The number of carboxylic acids is 1. The molecule has 1 saturated carbocycles. The summed E-state index contributed by atoms with van der Waals surface area (Å²) in [4.78, 5) is 29.3. The van der Waals surface area contributed by atoms with E-state index in [9.17, 15) is 9.59 Å². The molecule has 7 heteroatoms. The number of rotatable bonds is 6. The minimum Gasteiger partial charge on any atom is -0.480 e. The Morgan fingerprint density at radius 3 is 2.62 bits per heavy atom. The fourth-order valence-electron chi connectivity index (χ4n) is 1.92. The normalized spacial score (nSPS) is 15.8. The predicted molar refractivity (Wildman–Crippen MR) is 80.4 cm³/mol. The smallest absolute Gasteiger partial charge is 0.325 e. The summed E-state index contributed by atoms with van der Waals surface area (Å²) in [5.41, 5.74) is 0.869. The Bertz CT molecular complexity index is 525. The number of carbonyl (C=O) groups is 2. The van der Waals surface area contributed by atoms with E-state index in [1.54, 1.807) is 16.2 Å². The molecule has 116 valence electrons. The monoisotopic (exact) mass is 311 g/mol. The van der Waals surface area contributed by atoms with Gasteiger partial charge in [-0.2, -0.15) is 0 Å². The minimum atomic E-state index is -1.03. The van der Waals surface area contributed by atoms with E-state index in [1.165, 1.54) is 6.92 Å². The Morgan fingerprint density at radius 1 is 1.48 bits per heavy atom. The predicted octanol–water partition coefficient (Wildman–Crippen LogP) is 2.41. The highest BCUT2D eigenvalue weighted by atomic mass is 32.1. The first-order chi connectivity index (χ1) is 9.88. The number of nitrogens with zero attached hydrogens (tertiary/aromatic N) is 2. The summed E-state index contributed by atoms with van der Waals surface area (Å²) in [6.07, 6.45) is 1.94. The van der Waals surface area contributed by atoms with E-state index in [0.29, 0.717) is 12.5 Å². The van der Waals surface area contributed by atoms with Gasteiger partial charge in [0.2, 0.25) is 0 Å². The number of aromatic nitrogens is 1. The molecular formula is C14H21N3O3S. The van der Waals surface area contributed by atoms with Crippen molar-refractivity contribution in [2.24, 2.45) is 0 Å². The van der Waals surface area contributed by atoms with Crippen molar-refractivity contribution in [3.05, 3.63) is 16.1 Å². The number of aliphatic carboxylic acids is 1. The van der Waals surface area contributed by atoms with Gasteiger partial charge in [0.25, 0.3) is 0 Å². The van der Waals surface area contributed by atoms with Crippen LogP contribution in [-0.2, 0) is 11.3 Å². The Hall–Kier alpha value is -1.63. The Labute approximate surface area is 128 Å². The van der Waals surface area contributed by atoms with E-state index in [0.717, 1.165) is 23.5 Å². The SMILES string of the molecule is CC(NC(=O)N(Cc1csc(C(C)C)n1)C1CC1)C(=O)O. The van der Waals surface area contributed by atoms with Crippen LogP contribution >= 0.6 is 11.3 Å². The Balaban J connectivity index is 2.01. The minimum absolute atomic E-state index is 0.204. The lowest BCUT2D eigenvalue weighted by Gasteiger charge is -2.23. The van der Waals surface area contributed by atoms with Gasteiger partial charge in [0, 0.05) is 17.3 Å². The second-order valence-electron chi connectivity index (χ2n) is 5.70. The van der Waals surface area contributed by atoms with Crippen molar-refractivity contribution in [1.29, 1.82) is 0 Å². The summed E-state index contributed by atoms with van der Waals surface area (Å²) >= 11 is 1.60. The molecule has 6 nitrogen and oxygen atoms in total. The Morgan fingerprint density at radius 2 is 2.14 bits per heavy atom. The topological polar surface area (TPSA) is 82.5 Å². The van der Waals surface area contributed by atoms with E-state index in [2.05, 4.69) is 24.1 Å². The van der Waals surface area contributed by atoms with Crippen LogP contribution < -0.4 is 5.32 Å².